The number of ether oxygens (including phenoxy) is 1. The second kappa shape index (κ2) is 4.95. The number of benzene rings is 1. The molecule has 17 heavy (non-hydrogen) atoms. The van der Waals surface area contributed by atoms with Crippen molar-refractivity contribution in [3.05, 3.63) is 41.9 Å². The Morgan fingerprint density at radius 1 is 1.24 bits per heavy atom. The Bertz CT molecular complexity index is 523. The van der Waals surface area contributed by atoms with Crippen LogP contribution >= 0.6 is 0 Å². The van der Waals surface area contributed by atoms with E-state index in [0.29, 0.717) is 0 Å². The second-order valence-corrected chi connectivity index (χ2v) is 3.87. The fourth-order valence-electron chi connectivity index (χ4n) is 1.83. The summed E-state index contributed by atoms with van der Waals surface area (Å²) in [5.74, 6) is 1.72. The molecule has 0 aliphatic heterocycles. The minimum absolute atomic E-state index is 0.788. The molecule has 0 unspecified atom stereocenters. The van der Waals surface area contributed by atoms with Gasteiger partial charge in [-0.3, -0.25) is 0 Å². The lowest BCUT2D eigenvalue weighted by Gasteiger charge is -2.09. The van der Waals surface area contributed by atoms with E-state index in [4.69, 9.17) is 4.74 Å². The van der Waals surface area contributed by atoms with Crippen LogP contribution in [0.15, 0.2) is 30.5 Å². The van der Waals surface area contributed by atoms with Gasteiger partial charge in [0.1, 0.15) is 11.6 Å². The summed E-state index contributed by atoms with van der Waals surface area (Å²) in [7, 11) is 1.70. The summed E-state index contributed by atoms with van der Waals surface area (Å²) in [6.07, 6.45) is 2.73. The highest BCUT2D eigenvalue weighted by Crippen LogP contribution is 2.25. The number of nitrogens with zero attached hydrogens (tertiary/aromatic N) is 2. The maximum atomic E-state index is 5.32. The van der Waals surface area contributed by atoms with Gasteiger partial charge in [-0.15, -0.1) is 0 Å². The van der Waals surface area contributed by atoms with E-state index in [2.05, 4.69) is 23.0 Å². The Balaban J connectivity index is 2.46. The van der Waals surface area contributed by atoms with Crippen molar-refractivity contribution in [1.29, 1.82) is 0 Å². The monoisotopic (exact) mass is 228 g/mol. The molecule has 1 aromatic carbocycles. The van der Waals surface area contributed by atoms with Crippen LogP contribution < -0.4 is 4.74 Å². The minimum Gasteiger partial charge on any atom is -0.496 e. The average molecular weight is 228 g/mol. The summed E-state index contributed by atoms with van der Waals surface area (Å²) in [6.45, 7) is 4.01. The van der Waals surface area contributed by atoms with Crippen molar-refractivity contribution in [3.63, 3.8) is 0 Å². The van der Waals surface area contributed by atoms with Gasteiger partial charge in [-0.1, -0.05) is 6.92 Å². The third kappa shape index (κ3) is 2.44. The molecule has 88 valence electrons. The van der Waals surface area contributed by atoms with Gasteiger partial charge in [0, 0.05) is 11.8 Å². The zero-order valence-corrected chi connectivity index (χ0v) is 10.4. The van der Waals surface area contributed by atoms with Gasteiger partial charge in [-0.05, 0) is 43.2 Å². The fraction of sp³-hybridized carbons (Fsp3) is 0.286. The van der Waals surface area contributed by atoms with Crippen molar-refractivity contribution in [2.24, 2.45) is 0 Å². The van der Waals surface area contributed by atoms with Crippen LogP contribution in [-0.2, 0) is 6.42 Å². The molecular formula is C14H16N2O. The Kier molecular flexibility index (Phi) is 3.38. The smallest absolute Gasteiger partial charge is 0.125 e. The normalized spacial score (nSPS) is 10.3. The number of aromatic nitrogens is 2. The van der Waals surface area contributed by atoms with E-state index in [1.807, 2.05) is 25.1 Å². The number of aryl methyl sites for hydroxylation is 2. The summed E-state index contributed by atoms with van der Waals surface area (Å²) in [6, 6.07) is 8.07. The third-order valence-electron chi connectivity index (χ3n) is 2.73. The molecule has 0 amide bonds. The van der Waals surface area contributed by atoms with E-state index in [9.17, 15) is 0 Å². The van der Waals surface area contributed by atoms with Gasteiger partial charge in [0.25, 0.3) is 0 Å². The van der Waals surface area contributed by atoms with E-state index >= 15 is 0 Å². The maximum absolute atomic E-state index is 5.32. The van der Waals surface area contributed by atoms with Crippen LogP contribution in [0, 0.1) is 6.92 Å². The highest BCUT2D eigenvalue weighted by atomic mass is 16.5. The lowest BCUT2D eigenvalue weighted by Crippen LogP contribution is -1.93. The van der Waals surface area contributed by atoms with Crippen LogP contribution in [0.5, 0.6) is 5.75 Å². The highest BCUT2D eigenvalue weighted by Gasteiger charge is 2.05. The summed E-state index contributed by atoms with van der Waals surface area (Å²) < 4.78 is 5.32. The summed E-state index contributed by atoms with van der Waals surface area (Å²) in [4.78, 5) is 8.53. The highest BCUT2D eigenvalue weighted by molar-refractivity contribution is 5.61. The first kappa shape index (κ1) is 11.6. The molecule has 0 bridgehead atoms. The van der Waals surface area contributed by atoms with Gasteiger partial charge in [0.2, 0.25) is 0 Å². The zero-order chi connectivity index (χ0) is 12.3. The predicted octanol–water partition coefficient (Wildman–Crippen LogP) is 3.02. The van der Waals surface area contributed by atoms with Crippen molar-refractivity contribution in [2.45, 2.75) is 20.3 Å². The van der Waals surface area contributed by atoms with Gasteiger partial charge in [0.15, 0.2) is 0 Å². The van der Waals surface area contributed by atoms with Crippen molar-refractivity contribution >= 4 is 0 Å². The number of rotatable bonds is 3. The largest absolute Gasteiger partial charge is 0.496 e. The summed E-state index contributed by atoms with van der Waals surface area (Å²) in [5, 5.41) is 0. The van der Waals surface area contributed by atoms with E-state index in [1.165, 1.54) is 5.56 Å². The van der Waals surface area contributed by atoms with E-state index in [1.54, 1.807) is 13.3 Å². The second-order valence-electron chi connectivity index (χ2n) is 3.87. The molecule has 0 radical (unpaired) electrons. The molecule has 0 atom stereocenters. The van der Waals surface area contributed by atoms with Crippen molar-refractivity contribution in [1.82, 2.24) is 9.97 Å². The van der Waals surface area contributed by atoms with E-state index < -0.39 is 0 Å². The predicted molar refractivity (Wildman–Crippen MR) is 68.1 cm³/mol. The molecule has 0 N–H and O–H groups in total. The standard InChI is InChI=1S/C14H16N2O/c1-4-11-9-12(5-6-14(11)17-3)13-7-8-15-10(2)16-13/h5-9H,4H2,1-3H3. The minimum atomic E-state index is 0.788. The lowest BCUT2D eigenvalue weighted by molar-refractivity contribution is 0.410. The first-order chi connectivity index (χ1) is 8.24. The summed E-state index contributed by atoms with van der Waals surface area (Å²) in [5.41, 5.74) is 3.25. The summed E-state index contributed by atoms with van der Waals surface area (Å²) >= 11 is 0. The van der Waals surface area contributed by atoms with E-state index in [0.717, 1.165) is 29.3 Å². The van der Waals surface area contributed by atoms with E-state index in [-0.39, 0.29) is 0 Å². The maximum Gasteiger partial charge on any atom is 0.125 e. The van der Waals surface area contributed by atoms with Gasteiger partial charge in [-0.25, -0.2) is 9.97 Å². The van der Waals surface area contributed by atoms with Crippen molar-refractivity contribution in [2.75, 3.05) is 7.11 Å². The quantitative estimate of drug-likeness (QED) is 0.810. The molecule has 0 fully saturated rings. The van der Waals surface area contributed by atoms with Gasteiger partial charge in [-0.2, -0.15) is 0 Å². The van der Waals surface area contributed by atoms with Crippen molar-refractivity contribution < 1.29 is 4.74 Å². The van der Waals surface area contributed by atoms with Crippen LogP contribution in [0.25, 0.3) is 11.3 Å². The third-order valence-corrected chi connectivity index (χ3v) is 2.73. The van der Waals surface area contributed by atoms with Crippen LogP contribution in [-0.4, -0.2) is 17.1 Å². The molecule has 0 aliphatic carbocycles. The molecule has 2 aromatic rings. The number of hydrogen-bond acceptors (Lipinski definition) is 3. The molecule has 0 spiro atoms. The van der Waals surface area contributed by atoms with Crippen LogP contribution in [0.4, 0.5) is 0 Å². The molecular weight excluding hydrogens is 212 g/mol. The number of hydrogen-bond donors (Lipinski definition) is 0. The molecule has 2 rings (SSSR count). The van der Waals surface area contributed by atoms with Crippen molar-refractivity contribution in [3.8, 4) is 17.0 Å². The lowest BCUT2D eigenvalue weighted by atomic mass is 10.1. The van der Waals surface area contributed by atoms with Crippen LogP contribution in [0.2, 0.25) is 0 Å². The molecule has 3 nitrogen and oxygen atoms in total. The first-order valence-corrected chi connectivity index (χ1v) is 5.71. The molecule has 0 saturated heterocycles. The Morgan fingerprint density at radius 2 is 2.06 bits per heavy atom. The first-order valence-electron chi connectivity index (χ1n) is 5.71. The Hall–Kier alpha value is -1.90. The molecule has 3 heteroatoms. The van der Waals surface area contributed by atoms with Crippen LogP contribution in [0.3, 0.4) is 0 Å². The fourth-order valence-corrected chi connectivity index (χ4v) is 1.83. The molecule has 0 saturated carbocycles. The SMILES string of the molecule is CCc1cc(-c2ccnc(C)n2)ccc1OC. The topological polar surface area (TPSA) is 35.0 Å². The zero-order valence-electron chi connectivity index (χ0n) is 10.4. The Morgan fingerprint density at radius 3 is 2.71 bits per heavy atom. The molecule has 0 aliphatic rings. The van der Waals surface area contributed by atoms with Gasteiger partial charge in [0.05, 0.1) is 12.8 Å². The van der Waals surface area contributed by atoms with Gasteiger partial charge < -0.3 is 4.74 Å². The Labute approximate surface area is 102 Å². The molecule has 1 aromatic heterocycles. The van der Waals surface area contributed by atoms with Crippen LogP contribution in [0.1, 0.15) is 18.3 Å². The average Bonchev–Trinajstić information content (AvgIpc) is 2.38. The number of methoxy groups -OCH3 is 1. The molecule has 1 heterocycles. The van der Waals surface area contributed by atoms with Gasteiger partial charge >= 0.3 is 0 Å².